The van der Waals surface area contributed by atoms with Crippen LogP contribution in [0.4, 0.5) is 51.2 Å². The molecule has 4 nitrogen and oxygen atoms in total. The molecule has 0 fully saturated rings. The van der Waals surface area contributed by atoms with Crippen molar-refractivity contribution in [2.24, 2.45) is 0 Å². The minimum Gasteiger partial charge on any atom is -0.456 e. The molecule has 0 saturated carbocycles. The smallest absolute Gasteiger partial charge is 0.252 e. The normalized spacial score (nSPS) is 17.5. The molecule has 0 spiro atoms. The first kappa shape index (κ1) is 43.1. The van der Waals surface area contributed by atoms with E-state index >= 15 is 0 Å². The molecular weight excluding hydrogens is 850 g/mol. The molecule has 70 heavy (non-hydrogen) atoms. The zero-order valence-electron chi connectivity index (χ0n) is 42.5. The lowest BCUT2D eigenvalue weighted by Gasteiger charge is -2.46. The van der Waals surface area contributed by atoms with E-state index in [-0.39, 0.29) is 28.4 Å². The Morgan fingerprint density at radius 3 is 1.66 bits per heavy atom. The Labute approximate surface area is 414 Å². The Morgan fingerprint density at radius 1 is 0.443 bits per heavy atom. The van der Waals surface area contributed by atoms with Crippen LogP contribution >= 0.6 is 0 Å². The quantitative estimate of drug-likeness (QED) is 0.161. The number of furan rings is 1. The van der Waals surface area contributed by atoms with Crippen LogP contribution in [0.15, 0.2) is 162 Å². The summed E-state index contributed by atoms with van der Waals surface area (Å²) < 4.78 is 6.69. The summed E-state index contributed by atoms with van der Waals surface area (Å²) in [6.07, 6.45) is 3.46. The zero-order valence-corrected chi connectivity index (χ0v) is 42.5. The number of fused-ring (bicyclic) bond motifs is 9. The first-order valence-electron chi connectivity index (χ1n) is 25.5. The second kappa shape index (κ2) is 14.8. The molecule has 3 heterocycles. The van der Waals surface area contributed by atoms with Crippen LogP contribution in [0.5, 0.6) is 0 Å². The lowest BCUT2D eigenvalue weighted by Crippen LogP contribution is -2.61. The summed E-state index contributed by atoms with van der Waals surface area (Å²) in [6.45, 7) is 24.3. The third-order valence-corrected chi connectivity index (χ3v) is 17.0. The highest BCUT2D eigenvalue weighted by Gasteiger charge is 2.49. The summed E-state index contributed by atoms with van der Waals surface area (Å²) >= 11 is 0. The fraction of sp³-hybridized carbons (Fsp3) is 0.262. The molecule has 0 atom stereocenters. The molecule has 0 bridgehead atoms. The van der Waals surface area contributed by atoms with E-state index in [1.54, 1.807) is 0 Å². The van der Waals surface area contributed by atoms with E-state index < -0.39 is 0 Å². The van der Waals surface area contributed by atoms with Gasteiger partial charge >= 0.3 is 0 Å². The highest BCUT2D eigenvalue weighted by molar-refractivity contribution is 7.00. The molecule has 0 saturated heterocycles. The van der Waals surface area contributed by atoms with Gasteiger partial charge in [-0.15, -0.1) is 0 Å². The monoisotopic (exact) mass is 911 g/mol. The van der Waals surface area contributed by atoms with E-state index in [1.807, 2.05) is 0 Å². The number of rotatable bonds is 5. The lowest BCUT2D eigenvalue weighted by atomic mass is 9.33. The van der Waals surface area contributed by atoms with Crippen LogP contribution < -0.4 is 31.1 Å². The van der Waals surface area contributed by atoms with Gasteiger partial charge in [0.05, 0.1) is 11.1 Å². The fourth-order valence-electron chi connectivity index (χ4n) is 13.7. The average molecular weight is 912 g/mol. The van der Waals surface area contributed by atoms with Gasteiger partial charge in [-0.2, -0.15) is 0 Å². The van der Waals surface area contributed by atoms with Gasteiger partial charge in [-0.05, 0) is 183 Å². The summed E-state index contributed by atoms with van der Waals surface area (Å²) in [6, 6.07) is 59.4. The van der Waals surface area contributed by atoms with Crippen molar-refractivity contribution in [2.75, 3.05) is 14.7 Å². The summed E-state index contributed by atoms with van der Waals surface area (Å²) in [5.41, 5.74) is 25.2. The summed E-state index contributed by atoms with van der Waals surface area (Å²) in [4.78, 5) is 7.69. The standard InChI is InChI=1S/C65H62BN3O/c1-40-32-56-61-57(33-40)69(53-37-48-46(34-41(53)2)62(3,4)30-31-63(48,5)6)55-38-49-47(64(7,8)39-65(49,9)10)36-51(55)66(61)50-29-28-44(67(42-20-13-11-14-21-42)43-22-15-12-16-23-43)35-54(50)68(56)52-25-19-27-59-60(52)45-24-17-18-26-58(45)70-59/h11-29,32-38H,30-31,39H2,1-10H3. The van der Waals surface area contributed by atoms with Crippen molar-refractivity contribution in [3.8, 4) is 0 Å². The van der Waals surface area contributed by atoms with Gasteiger partial charge in [-0.3, -0.25) is 0 Å². The van der Waals surface area contributed by atoms with Crippen molar-refractivity contribution >= 4 is 96.2 Å². The third kappa shape index (κ3) is 6.22. The molecule has 1 aromatic heterocycles. The first-order valence-corrected chi connectivity index (χ1v) is 25.5. The van der Waals surface area contributed by atoms with Crippen LogP contribution in [-0.4, -0.2) is 6.71 Å². The maximum absolute atomic E-state index is 6.69. The van der Waals surface area contributed by atoms with E-state index in [0.717, 1.165) is 51.1 Å². The van der Waals surface area contributed by atoms with Crippen molar-refractivity contribution in [2.45, 2.75) is 110 Å². The van der Waals surface area contributed by atoms with Gasteiger partial charge in [0.15, 0.2) is 0 Å². The Kier molecular flexibility index (Phi) is 9.09. The van der Waals surface area contributed by atoms with Gasteiger partial charge in [-0.25, -0.2) is 0 Å². The zero-order chi connectivity index (χ0) is 48.2. The first-order chi connectivity index (χ1) is 33.5. The predicted molar refractivity (Wildman–Crippen MR) is 298 cm³/mol. The summed E-state index contributed by atoms with van der Waals surface area (Å²) in [7, 11) is 0. The molecule has 9 aromatic rings. The van der Waals surface area contributed by atoms with Crippen molar-refractivity contribution in [3.05, 3.63) is 191 Å². The van der Waals surface area contributed by atoms with Crippen molar-refractivity contribution in [1.29, 1.82) is 0 Å². The van der Waals surface area contributed by atoms with Gasteiger partial charge < -0.3 is 19.1 Å². The molecule has 5 heteroatoms. The van der Waals surface area contributed by atoms with Gasteiger partial charge in [0.1, 0.15) is 11.2 Å². The van der Waals surface area contributed by atoms with Crippen LogP contribution in [0, 0.1) is 13.8 Å². The topological polar surface area (TPSA) is 22.9 Å². The molecule has 346 valence electrons. The highest BCUT2D eigenvalue weighted by atomic mass is 16.3. The average Bonchev–Trinajstić information content (AvgIpc) is 3.80. The molecule has 0 unspecified atom stereocenters. The number of anilines is 9. The fourth-order valence-corrected chi connectivity index (χ4v) is 13.7. The molecule has 8 aromatic carbocycles. The van der Waals surface area contributed by atoms with E-state index in [9.17, 15) is 0 Å². The number of hydrogen-bond acceptors (Lipinski definition) is 4. The van der Waals surface area contributed by atoms with E-state index in [0.29, 0.717) is 0 Å². The lowest BCUT2D eigenvalue weighted by molar-refractivity contribution is 0.332. The predicted octanol–water partition coefficient (Wildman–Crippen LogP) is 16.1. The Bertz CT molecular complexity index is 3600. The van der Waals surface area contributed by atoms with Crippen LogP contribution in [0.25, 0.3) is 21.9 Å². The van der Waals surface area contributed by atoms with E-state index in [2.05, 4.69) is 242 Å². The van der Waals surface area contributed by atoms with Gasteiger partial charge in [0.2, 0.25) is 0 Å². The molecule has 13 rings (SSSR count). The Hall–Kier alpha value is -6.98. The molecule has 4 aliphatic rings. The van der Waals surface area contributed by atoms with Crippen molar-refractivity contribution in [3.63, 3.8) is 0 Å². The van der Waals surface area contributed by atoms with Crippen molar-refractivity contribution in [1.82, 2.24) is 0 Å². The van der Waals surface area contributed by atoms with Gasteiger partial charge in [0, 0.05) is 50.9 Å². The maximum atomic E-state index is 6.69. The second-order valence-electron chi connectivity index (χ2n) is 23.7. The molecule has 2 aliphatic heterocycles. The molecular formula is C65H62BN3O. The summed E-state index contributed by atoms with van der Waals surface area (Å²) in [5, 5.41) is 2.24. The second-order valence-corrected chi connectivity index (χ2v) is 23.7. The van der Waals surface area contributed by atoms with Crippen LogP contribution in [0.2, 0.25) is 0 Å². The number of para-hydroxylation sites is 3. The largest absolute Gasteiger partial charge is 0.456 e. The Balaban J connectivity index is 1.15. The van der Waals surface area contributed by atoms with Crippen LogP contribution in [-0.2, 0) is 21.7 Å². The third-order valence-electron chi connectivity index (χ3n) is 17.0. The SMILES string of the molecule is Cc1cc2c3c(c1)N(c1cccc4oc5ccccc5c14)c1cc(N(c4ccccc4)c4ccccc4)ccc1B3c1cc3c(cc1N2c1cc2c(cc1C)C(C)(C)CCC2(C)C)C(C)(C)CC3(C)C. The minimum atomic E-state index is -0.0301. The number of aryl methyl sites for hydroxylation is 2. The summed E-state index contributed by atoms with van der Waals surface area (Å²) in [5.74, 6) is 0. The maximum Gasteiger partial charge on any atom is 0.252 e. The Morgan fingerprint density at radius 2 is 0.986 bits per heavy atom. The number of nitrogens with zero attached hydrogens (tertiary/aromatic N) is 3. The molecule has 0 amide bonds. The molecule has 0 radical (unpaired) electrons. The number of benzene rings is 8. The number of hydrogen-bond donors (Lipinski definition) is 0. The van der Waals surface area contributed by atoms with E-state index in [4.69, 9.17) is 4.42 Å². The van der Waals surface area contributed by atoms with Gasteiger partial charge in [-0.1, -0.05) is 134 Å². The van der Waals surface area contributed by atoms with Crippen LogP contribution in [0.3, 0.4) is 0 Å². The van der Waals surface area contributed by atoms with E-state index in [1.165, 1.54) is 91.0 Å². The van der Waals surface area contributed by atoms with Crippen molar-refractivity contribution < 1.29 is 4.42 Å². The molecule has 2 aliphatic carbocycles. The van der Waals surface area contributed by atoms with Gasteiger partial charge in [0.25, 0.3) is 6.71 Å². The highest BCUT2D eigenvalue weighted by Crippen LogP contribution is 2.55. The molecule has 0 N–H and O–H groups in total. The van der Waals surface area contributed by atoms with Crippen LogP contribution in [0.1, 0.15) is 108 Å². The minimum absolute atomic E-state index is 0.0175.